The van der Waals surface area contributed by atoms with E-state index in [1.165, 1.54) is 0 Å². The zero-order valence-electron chi connectivity index (χ0n) is 7.21. The maximum absolute atomic E-state index is 10.8. The lowest BCUT2D eigenvalue weighted by atomic mass is 10.1. The third-order valence-corrected chi connectivity index (χ3v) is 1.51. The Kier molecular flexibility index (Phi) is 6.02. The Hall–Kier alpha value is -1.08. The zero-order valence-corrected chi connectivity index (χ0v) is 7.21. The minimum absolute atomic E-state index is 0.0914. The average Bonchev–Trinajstić information content (AvgIpc) is 2.02. The fourth-order valence-corrected chi connectivity index (χ4v) is 0.745. The number of nitrogens with one attached hydrogen (secondary N) is 1. The molecule has 0 aliphatic rings. The summed E-state index contributed by atoms with van der Waals surface area (Å²) in [6.45, 7) is 2.60. The highest BCUT2D eigenvalue weighted by molar-refractivity contribution is 5.77. The van der Waals surface area contributed by atoms with Crippen LogP contribution in [0.1, 0.15) is 19.8 Å². The Morgan fingerprint density at radius 1 is 1.75 bits per heavy atom. The topological polar surface area (TPSA) is 73.1 Å². The molecule has 0 saturated carbocycles. The van der Waals surface area contributed by atoms with Crippen LogP contribution < -0.4 is 5.32 Å². The number of rotatable bonds is 5. The van der Waals surface area contributed by atoms with Gasteiger partial charge in [-0.3, -0.25) is 4.79 Å². The molecule has 4 nitrogen and oxygen atoms in total. The molecular formula is C8H14N2O2. The standard InChI is InChI=1S/C8H14N2O2/c1-7(3-5-11)6-10-8(12)2-4-9/h7,11H,2-3,5-6H2,1H3,(H,10,12). The zero-order chi connectivity index (χ0) is 9.40. The minimum Gasteiger partial charge on any atom is -0.396 e. The van der Waals surface area contributed by atoms with Gasteiger partial charge in [0, 0.05) is 13.2 Å². The highest BCUT2D eigenvalue weighted by Crippen LogP contribution is 1.97. The lowest BCUT2D eigenvalue weighted by Crippen LogP contribution is -2.28. The van der Waals surface area contributed by atoms with Gasteiger partial charge in [-0.15, -0.1) is 0 Å². The molecule has 0 rings (SSSR count). The average molecular weight is 170 g/mol. The maximum Gasteiger partial charge on any atom is 0.234 e. The van der Waals surface area contributed by atoms with Gasteiger partial charge in [0.05, 0.1) is 6.07 Å². The molecule has 0 aromatic rings. The van der Waals surface area contributed by atoms with Crippen molar-refractivity contribution in [1.82, 2.24) is 5.32 Å². The van der Waals surface area contributed by atoms with Gasteiger partial charge in [0.1, 0.15) is 6.42 Å². The molecule has 0 heterocycles. The van der Waals surface area contributed by atoms with Gasteiger partial charge < -0.3 is 10.4 Å². The molecule has 0 radical (unpaired) electrons. The van der Waals surface area contributed by atoms with Crippen molar-refractivity contribution in [3.8, 4) is 6.07 Å². The number of nitriles is 1. The Labute approximate surface area is 72.2 Å². The van der Waals surface area contributed by atoms with Crippen molar-refractivity contribution < 1.29 is 9.90 Å². The van der Waals surface area contributed by atoms with E-state index in [0.29, 0.717) is 13.0 Å². The molecule has 0 aromatic heterocycles. The van der Waals surface area contributed by atoms with Gasteiger partial charge in [-0.2, -0.15) is 5.26 Å². The van der Waals surface area contributed by atoms with Crippen molar-refractivity contribution in [3.05, 3.63) is 0 Å². The lowest BCUT2D eigenvalue weighted by Gasteiger charge is -2.09. The molecular weight excluding hydrogens is 156 g/mol. The molecule has 1 amide bonds. The number of carbonyl (C=O) groups excluding carboxylic acids is 1. The maximum atomic E-state index is 10.8. The summed E-state index contributed by atoms with van der Waals surface area (Å²) in [5.41, 5.74) is 0. The van der Waals surface area contributed by atoms with Crippen LogP contribution in [0, 0.1) is 17.2 Å². The van der Waals surface area contributed by atoms with Gasteiger partial charge in [0.25, 0.3) is 0 Å². The highest BCUT2D eigenvalue weighted by Gasteiger charge is 2.03. The molecule has 0 aliphatic carbocycles. The van der Waals surface area contributed by atoms with Crippen LogP contribution in [-0.2, 0) is 4.79 Å². The predicted molar refractivity (Wildman–Crippen MR) is 44.1 cm³/mol. The fraction of sp³-hybridized carbons (Fsp3) is 0.750. The summed E-state index contributed by atoms with van der Waals surface area (Å²) < 4.78 is 0. The number of hydrogen-bond donors (Lipinski definition) is 2. The van der Waals surface area contributed by atoms with E-state index in [9.17, 15) is 4.79 Å². The Balaban J connectivity index is 3.41. The largest absolute Gasteiger partial charge is 0.396 e. The monoisotopic (exact) mass is 170 g/mol. The third-order valence-electron chi connectivity index (χ3n) is 1.51. The molecule has 1 atom stereocenters. The molecule has 4 heteroatoms. The summed E-state index contributed by atoms with van der Waals surface area (Å²) in [5.74, 6) is 0.0138. The van der Waals surface area contributed by atoms with E-state index < -0.39 is 0 Å². The van der Waals surface area contributed by atoms with Crippen LogP contribution >= 0.6 is 0 Å². The Morgan fingerprint density at radius 3 is 2.92 bits per heavy atom. The summed E-state index contributed by atoms with van der Waals surface area (Å²) >= 11 is 0. The minimum atomic E-state index is -0.248. The molecule has 0 fully saturated rings. The van der Waals surface area contributed by atoms with Crippen molar-refractivity contribution in [2.24, 2.45) is 5.92 Å². The van der Waals surface area contributed by atoms with E-state index in [4.69, 9.17) is 10.4 Å². The molecule has 68 valence electrons. The second-order valence-corrected chi connectivity index (χ2v) is 2.76. The first kappa shape index (κ1) is 10.9. The van der Waals surface area contributed by atoms with Crippen molar-refractivity contribution in [2.75, 3.05) is 13.2 Å². The molecule has 1 unspecified atom stereocenters. The first-order valence-corrected chi connectivity index (χ1v) is 3.95. The number of amides is 1. The van der Waals surface area contributed by atoms with E-state index in [1.54, 1.807) is 6.07 Å². The van der Waals surface area contributed by atoms with E-state index in [2.05, 4.69) is 5.32 Å². The van der Waals surface area contributed by atoms with Gasteiger partial charge in [-0.1, -0.05) is 6.92 Å². The molecule has 0 saturated heterocycles. The van der Waals surface area contributed by atoms with Gasteiger partial charge in [-0.05, 0) is 12.3 Å². The molecule has 12 heavy (non-hydrogen) atoms. The number of aliphatic hydroxyl groups is 1. The van der Waals surface area contributed by atoms with E-state index in [0.717, 1.165) is 0 Å². The van der Waals surface area contributed by atoms with Crippen molar-refractivity contribution in [1.29, 1.82) is 5.26 Å². The highest BCUT2D eigenvalue weighted by atomic mass is 16.3. The number of nitrogens with zero attached hydrogens (tertiary/aromatic N) is 1. The van der Waals surface area contributed by atoms with Crippen LogP contribution in [0.4, 0.5) is 0 Å². The third kappa shape index (κ3) is 5.69. The summed E-state index contributed by atoms with van der Waals surface area (Å²) in [4.78, 5) is 10.8. The predicted octanol–water partition coefficient (Wildman–Crippen LogP) is 0.0348. The Bertz CT molecular complexity index is 174. The van der Waals surface area contributed by atoms with Gasteiger partial charge in [-0.25, -0.2) is 0 Å². The normalized spacial score (nSPS) is 11.8. The van der Waals surface area contributed by atoms with Crippen LogP contribution in [-0.4, -0.2) is 24.2 Å². The summed E-state index contributed by atoms with van der Waals surface area (Å²) in [7, 11) is 0. The molecule has 2 N–H and O–H groups in total. The molecule has 0 bridgehead atoms. The van der Waals surface area contributed by atoms with Crippen molar-refractivity contribution in [3.63, 3.8) is 0 Å². The van der Waals surface area contributed by atoms with E-state index >= 15 is 0 Å². The van der Waals surface area contributed by atoms with Crippen LogP contribution in [0.15, 0.2) is 0 Å². The number of aliphatic hydroxyl groups excluding tert-OH is 1. The van der Waals surface area contributed by atoms with Gasteiger partial charge in [0.2, 0.25) is 5.91 Å². The van der Waals surface area contributed by atoms with Gasteiger partial charge >= 0.3 is 0 Å². The fourth-order valence-electron chi connectivity index (χ4n) is 0.745. The summed E-state index contributed by atoms with van der Waals surface area (Å²) in [6.07, 6.45) is 0.582. The first-order valence-electron chi connectivity index (χ1n) is 3.95. The second-order valence-electron chi connectivity index (χ2n) is 2.76. The number of hydrogen-bond acceptors (Lipinski definition) is 3. The molecule has 0 aromatic carbocycles. The molecule has 0 spiro atoms. The second kappa shape index (κ2) is 6.62. The smallest absolute Gasteiger partial charge is 0.234 e. The quantitative estimate of drug-likeness (QED) is 0.611. The van der Waals surface area contributed by atoms with Crippen LogP contribution in [0.2, 0.25) is 0 Å². The summed E-state index contributed by atoms with van der Waals surface area (Å²) in [5, 5.41) is 19.3. The summed E-state index contributed by atoms with van der Waals surface area (Å²) in [6, 6.07) is 1.76. The SMILES string of the molecule is CC(CCO)CNC(=O)CC#N. The van der Waals surface area contributed by atoms with Crippen molar-refractivity contribution in [2.45, 2.75) is 19.8 Å². The molecule has 0 aliphatic heterocycles. The number of carbonyl (C=O) groups is 1. The first-order chi connectivity index (χ1) is 5.70. The van der Waals surface area contributed by atoms with Gasteiger partial charge in [0.15, 0.2) is 0 Å². The van der Waals surface area contributed by atoms with Crippen LogP contribution in [0.25, 0.3) is 0 Å². The Morgan fingerprint density at radius 2 is 2.42 bits per heavy atom. The van der Waals surface area contributed by atoms with E-state index in [-0.39, 0.29) is 24.9 Å². The van der Waals surface area contributed by atoms with Crippen molar-refractivity contribution >= 4 is 5.91 Å². The lowest BCUT2D eigenvalue weighted by molar-refractivity contribution is -0.120. The van der Waals surface area contributed by atoms with Crippen LogP contribution in [0.3, 0.4) is 0 Å². The van der Waals surface area contributed by atoms with E-state index in [1.807, 2.05) is 6.92 Å². The van der Waals surface area contributed by atoms with Crippen LogP contribution in [0.5, 0.6) is 0 Å².